The number of nitrogens with one attached hydrogen (secondary N) is 3. The van der Waals surface area contributed by atoms with Crippen molar-refractivity contribution in [1.29, 1.82) is 0 Å². The molecular formula is C21H27N3O4. The second-order valence-electron chi connectivity index (χ2n) is 6.74. The lowest BCUT2D eigenvalue weighted by molar-refractivity contribution is -0.127. The molecule has 2 aromatic carbocycles. The van der Waals surface area contributed by atoms with E-state index in [0.717, 1.165) is 11.1 Å². The highest BCUT2D eigenvalue weighted by atomic mass is 16.5. The van der Waals surface area contributed by atoms with Crippen LogP contribution in [0.2, 0.25) is 0 Å². The molecule has 1 aliphatic rings. The summed E-state index contributed by atoms with van der Waals surface area (Å²) >= 11 is 0. The molecule has 3 unspecified atom stereocenters. The first-order valence-electron chi connectivity index (χ1n) is 9.26. The van der Waals surface area contributed by atoms with Crippen LogP contribution in [0.25, 0.3) is 0 Å². The van der Waals surface area contributed by atoms with Gasteiger partial charge in [-0.3, -0.25) is 10.2 Å². The Hall–Kier alpha value is -2.61. The second kappa shape index (κ2) is 9.54. The number of methoxy groups -OCH3 is 2. The van der Waals surface area contributed by atoms with Gasteiger partial charge in [-0.05, 0) is 30.2 Å². The second-order valence-corrected chi connectivity index (χ2v) is 6.74. The van der Waals surface area contributed by atoms with Gasteiger partial charge in [-0.2, -0.15) is 0 Å². The third kappa shape index (κ3) is 4.81. The molecule has 2 aromatic rings. The first kappa shape index (κ1) is 20.1. The van der Waals surface area contributed by atoms with Gasteiger partial charge in [0.2, 0.25) is 5.91 Å². The van der Waals surface area contributed by atoms with E-state index in [1.807, 2.05) is 48.5 Å². The molecule has 150 valence electrons. The van der Waals surface area contributed by atoms with E-state index in [9.17, 15) is 4.79 Å². The Balaban J connectivity index is 1.60. The Morgan fingerprint density at radius 2 is 1.79 bits per heavy atom. The maximum absolute atomic E-state index is 12.3. The molecule has 3 atom stereocenters. The summed E-state index contributed by atoms with van der Waals surface area (Å²) in [5.74, 6) is 1.19. The minimum atomic E-state index is -0.263. The van der Waals surface area contributed by atoms with Gasteiger partial charge in [-0.25, -0.2) is 5.43 Å². The highest BCUT2D eigenvalue weighted by Crippen LogP contribution is 2.34. The zero-order valence-electron chi connectivity index (χ0n) is 16.4. The lowest BCUT2D eigenvalue weighted by Gasteiger charge is -2.23. The summed E-state index contributed by atoms with van der Waals surface area (Å²) in [5.41, 5.74) is 8.42. The van der Waals surface area contributed by atoms with Crippen molar-refractivity contribution in [1.82, 2.24) is 16.2 Å². The van der Waals surface area contributed by atoms with Gasteiger partial charge < -0.3 is 19.5 Å². The van der Waals surface area contributed by atoms with Crippen molar-refractivity contribution in [2.75, 3.05) is 20.8 Å². The zero-order valence-corrected chi connectivity index (χ0v) is 16.4. The topological polar surface area (TPSA) is 80.9 Å². The molecule has 28 heavy (non-hydrogen) atoms. The standard InChI is InChI=1S/C21H27N3O4/c1-14-20(16-9-10-17(26-2)18(11-16)27-3)21(24-23-14)22-19(25)13-28-12-15-7-5-4-6-8-15/h4-11,14,20-21,23-24H,12-13H2,1-3H3,(H,22,25). The molecule has 0 bridgehead atoms. The van der Waals surface area contributed by atoms with E-state index in [0.29, 0.717) is 18.1 Å². The van der Waals surface area contributed by atoms with E-state index < -0.39 is 0 Å². The fraction of sp³-hybridized carbons (Fsp3) is 0.381. The van der Waals surface area contributed by atoms with Gasteiger partial charge in [0, 0.05) is 12.0 Å². The molecule has 1 amide bonds. The molecule has 1 heterocycles. The van der Waals surface area contributed by atoms with Crippen LogP contribution in [0.5, 0.6) is 11.5 Å². The van der Waals surface area contributed by atoms with Gasteiger partial charge in [-0.1, -0.05) is 36.4 Å². The highest BCUT2D eigenvalue weighted by molar-refractivity contribution is 5.77. The number of benzene rings is 2. The molecule has 0 saturated carbocycles. The van der Waals surface area contributed by atoms with Gasteiger partial charge in [0.25, 0.3) is 0 Å². The van der Waals surface area contributed by atoms with Crippen molar-refractivity contribution in [3.05, 3.63) is 59.7 Å². The van der Waals surface area contributed by atoms with Crippen LogP contribution in [-0.2, 0) is 16.1 Å². The number of hydrogen-bond acceptors (Lipinski definition) is 6. The Bertz CT molecular complexity index is 784. The molecule has 0 spiro atoms. The fourth-order valence-electron chi connectivity index (χ4n) is 3.41. The molecule has 0 radical (unpaired) electrons. The third-order valence-electron chi connectivity index (χ3n) is 4.82. The van der Waals surface area contributed by atoms with E-state index in [2.05, 4.69) is 23.1 Å². The van der Waals surface area contributed by atoms with E-state index >= 15 is 0 Å². The molecule has 0 aliphatic carbocycles. The summed E-state index contributed by atoms with van der Waals surface area (Å²) in [4.78, 5) is 12.3. The van der Waals surface area contributed by atoms with Crippen LogP contribution in [-0.4, -0.2) is 38.9 Å². The Morgan fingerprint density at radius 3 is 2.50 bits per heavy atom. The minimum absolute atomic E-state index is 0.000108. The normalized spacial score (nSPS) is 21.3. The van der Waals surface area contributed by atoms with E-state index in [1.54, 1.807) is 14.2 Å². The maximum Gasteiger partial charge on any atom is 0.247 e. The largest absolute Gasteiger partial charge is 0.493 e. The lowest BCUT2D eigenvalue weighted by Crippen LogP contribution is -2.47. The van der Waals surface area contributed by atoms with Crippen LogP contribution in [0.1, 0.15) is 24.0 Å². The monoisotopic (exact) mass is 385 g/mol. The number of carbonyl (C=O) groups excluding carboxylic acids is 1. The summed E-state index contributed by atoms with van der Waals surface area (Å²) < 4.78 is 16.2. The highest BCUT2D eigenvalue weighted by Gasteiger charge is 2.35. The average molecular weight is 385 g/mol. The first-order chi connectivity index (χ1) is 13.6. The van der Waals surface area contributed by atoms with Crippen LogP contribution >= 0.6 is 0 Å². The molecule has 3 rings (SSSR count). The summed E-state index contributed by atoms with van der Waals surface area (Å²) in [7, 11) is 3.22. The predicted octanol–water partition coefficient (Wildman–Crippen LogP) is 1.94. The molecule has 3 N–H and O–H groups in total. The van der Waals surface area contributed by atoms with Crippen LogP contribution < -0.4 is 25.6 Å². The molecular weight excluding hydrogens is 358 g/mol. The molecule has 1 aliphatic heterocycles. The molecule has 7 nitrogen and oxygen atoms in total. The SMILES string of the molecule is COc1ccc(C2C(C)NNC2NC(=O)COCc2ccccc2)cc1OC. The number of rotatable bonds is 8. The summed E-state index contributed by atoms with van der Waals surface area (Å²) in [6, 6.07) is 15.7. The predicted molar refractivity (Wildman–Crippen MR) is 106 cm³/mol. The van der Waals surface area contributed by atoms with Crippen molar-refractivity contribution < 1.29 is 19.0 Å². The number of carbonyl (C=O) groups is 1. The van der Waals surface area contributed by atoms with Crippen molar-refractivity contribution in [3.63, 3.8) is 0 Å². The zero-order chi connectivity index (χ0) is 19.9. The van der Waals surface area contributed by atoms with Gasteiger partial charge in [0.1, 0.15) is 12.8 Å². The number of ether oxygens (including phenoxy) is 3. The van der Waals surface area contributed by atoms with Crippen LogP contribution in [0, 0.1) is 0 Å². The van der Waals surface area contributed by atoms with Crippen molar-refractivity contribution >= 4 is 5.91 Å². The van der Waals surface area contributed by atoms with E-state index in [-0.39, 0.29) is 30.6 Å². The van der Waals surface area contributed by atoms with E-state index in [4.69, 9.17) is 14.2 Å². The van der Waals surface area contributed by atoms with E-state index in [1.165, 1.54) is 0 Å². The Kier molecular flexibility index (Phi) is 6.86. The van der Waals surface area contributed by atoms with Crippen molar-refractivity contribution in [2.24, 2.45) is 0 Å². The summed E-state index contributed by atoms with van der Waals surface area (Å²) in [6.07, 6.45) is -0.263. The van der Waals surface area contributed by atoms with Gasteiger partial charge in [0.15, 0.2) is 11.5 Å². The molecule has 1 saturated heterocycles. The molecule has 7 heteroatoms. The Labute approximate surface area is 165 Å². The molecule has 0 aromatic heterocycles. The smallest absolute Gasteiger partial charge is 0.247 e. The minimum Gasteiger partial charge on any atom is -0.493 e. The van der Waals surface area contributed by atoms with Crippen LogP contribution in [0.4, 0.5) is 0 Å². The van der Waals surface area contributed by atoms with Crippen molar-refractivity contribution in [2.45, 2.75) is 31.7 Å². The number of hydrogen-bond donors (Lipinski definition) is 3. The maximum atomic E-state index is 12.3. The van der Waals surface area contributed by atoms with Gasteiger partial charge in [0.05, 0.1) is 20.8 Å². The third-order valence-corrected chi connectivity index (χ3v) is 4.82. The lowest BCUT2D eigenvalue weighted by atomic mass is 9.91. The first-order valence-corrected chi connectivity index (χ1v) is 9.26. The quantitative estimate of drug-likeness (QED) is 0.644. The summed E-state index contributed by atoms with van der Waals surface area (Å²) in [6.45, 7) is 2.46. The van der Waals surface area contributed by atoms with Crippen LogP contribution in [0.3, 0.4) is 0 Å². The summed E-state index contributed by atoms with van der Waals surface area (Å²) in [5, 5.41) is 3.00. The average Bonchev–Trinajstić information content (AvgIpc) is 3.08. The fourth-order valence-corrected chi connectivity index (χ4v) is 3.41. The number of amides is 1. The van der Waals surface area contributed by atoms with Gasteiger partial charge in [-0.15, -0.1) is 0 Å². The van der Waals surface area contributed by atoms with Crippen molar-refractivity contribution in [3.8, 4) is 11.5 Å². The number of hydrazine groups is 1. The van der Waals surface area contributed by atoms with Gasteiger partial charge >= 0.3 is 0 Å². The Morgan fingerprint density at radius 1 is 1.04 bits per heavy atom. The van der Waals surface area contributed by atoms with Crippen LogP contribution in [0.15, 0.2) is 48.5 Å². The molecule has 1 fully saturated rings.